The molecule has 21 heavy (non-hydrogen) atoms. The molecule has 1 aromatic rings. The molecule has 1 saturated heterocycles. The second-order valence-electron chi connectivity index (χ2n) is 4.05. The predicted octanol–water partition coefficient (Wildman–Crippen LogP) is 0.0135. The van der Waals surface area contributed by atoms with Crippen LogP contribution in [0.5, 0.6) is 5.75 Å². The number of rotatable bonds is 3. The topological polar surface area (TPSA) is 98.7 Å². The van der Waals surface area contributed by atoms with Gasteiger partial charge in [-0.05, 0) is 12.1 Å². The monoisotopic (exact) mass is 325 g/mol. The first-order valence-corrected chi connectivity index (χ1v) is 7.22. The van der Waals surface area contributed by atoms with Crippen LogP contribution < -0.4 is 10.9 Å². The minimum atomic E-state index is -0.661. The van der Waals surface area contributed by atoms with E-state index in [0.29, 0.717) is 4.32 Å². The highest BCUT2D eigenvalue weighted by atomic mass is 32.2. The van der Waals surface area contributed by atoms with Crippen LogP contribution in [0.4, 0.5) is 0 Å². The number of aromatic hydroxyl groups is 1. The third-order valence-electron chi connectivity index (χ3n) is 2.61. The van der Waals surface area contributed by atoms with E-state index in [1.807, 2.05) is 0 Å². The molecule has 0 atom stereocenters. The van der Waals surface area contributed by atoms with Crippen molar-refractivity contribution in [2.24, 2.45) is 0 Å². The fraction of sp³-hybridized carbons (Fsp3) is 0.167. The molecule has 1 heterocycles. The quantitative estimate of drug-likeness (QED) is 0.535. The zero-order chi connectivity index (χ0) is 15.4. The average Bonchev–Trinajstić information content (AvgIpc) is 2.77. The Labute approximate surface area is 129 Å². The van der Waals surface area contributed by atoms with Crippen molar-refractivity contribution < 1.29 is 19.5 Å². The number of phenols is 1. The molecule has 0 radical (unpaired) electrons. The number of benzene rings is 1. The van der Waals surface area contributed by atoms with Crippen LogP contribution in [0.3, 0.4) is 0 Å². The van der Waals surface area contributed by atoms with Crippen LogP contribution in [0, 0.1) is 0 Å². The number of hydrogen-bond donors (Lipinski definition) is 3. The molecule has 110 valence electrons. The van der Waals surface area contributed by atoms with Crippen LogP contribution in [-0.4, -0.2) is 44.3 Å². The maximum absolute atomic E-state index is 11.7. The Morgan fingerprint density at radius 3 is 2.67 bits per heavy atom. The molecule has 0 unspecified atom stereocenters. The lowest BCUT2D eigenvalue weighted by molar-refractivity contribution is -0.130. The smallest absolute Gasteiger partial charge is 0.273 e. The van der Waals surface area contributed by atoms with Gasteiger partial charge in [0, 0.05) is 0 Å². The van der Waals surface area contributed by atoms with Crippen LogP contribution in [0.1, 0.15) is 10.4 Å². The van der Waals surface area contributed by atoms with E-state index in [2.05, 4.69) is 10.9 Å². The van der Waals surface area contributed by atoms with E-state index in [0.717, 1.165) is 0 Å². The lowest BCUT2D eigenvalue weighted by Crippen LogP contribution is -2.47. The number of thioether (sulfide) groups is 1. The van der Waals surface area contributed by atoms with Crippen molar-refractivity contribution in [3.05, 3.63) is 29.8 Å². The molecular formula is C12H11N3O4S2. The van der Waals surface area contributed by atoms with E-state index < -0.39 is 11.8 Å². The van der Waals surface area contributed by atoms with E-state index >= 15 is 0 Å². The van der Waals surface area contributed by atoms with Gasteiger partial charge in [0.05, 0.1) is 11.3 Å². The number of nitrogens with one attached hydrogen (secondary N) is 2. The van der Waals surface area contributed by atoms with Gasteiger partial charge in [-0.1, -0.05) is 36.1 Å². The predicted molar refractivity (Wildman–Crippen MR) is 80.5 cm³/mol. The maximum atomic E-state index is 11.7. The minimum absolute atomic E-state index is 0.0288. The molecule has 1 aromatic carbocycles. The summed E-state index contributed by atoms with van der Waals surface area (Å²) in [4.78, 5) is 36.0. The van der Waals surface area contributed by atoms with Gasteiger partial charge in [0.2, 0.25) is 5.91 Å². The molecule has 0 aliphatic carbocycles. The summed E-state index contributed by atoms with van der Waals surface area (Å²) in [5, 5.41) is 9.50. The van der Waals surface area contributed by atoms with Gasteiger partial charge < -0.3 is 5.11 Å². The van der Waals surface area contributed by atoms with Crippen molar-refractivity contribution in [1.82, 2.24) is 15.8 Å². The van der Waals surface area contributed by atoms with Crippen LogP contribution in [0.15, 0.2) is 24.3 Å². The van der Waals surface area contributed by atoms with Crippen molar-refractivity contribution in [2.75, 3.05) is 12.3 Å². The van der Waals surface area contributed by atoms with Gasteiger partial charge in [0.1, 0.15) is 16.6 Å². The molecule has 7 nitrogen and oxygen atoms in total. The Balaban J connectivity index is 1.87. The minimum Gasteiger partial charge on any atom is -0.507 e. The molecule has 2 rings (SSSR count). The van der Waals surface area contributed by atoms with Crippen LogP contribution in [0.2, 0.25) is 0 Å². The Bertz CT molecular complexity index is 604. The molecule has 3 amide bonds. The first kappa shape index (κ1) is 15.3. The molecule has 0 spiro atoms. The van der Waals surface area contributed by atoms with Crippen LogP contribution in [0.25, 0.3) is 0 Å². The number of amides is 3. The molecule has 0 aromatic heterocycles. The van der Waals surface area contributed by atoms with E-state index in [9.17, 15) is 19.5 Å². The van der Waals surface area contributed by atoms with Gasteiger partial charge in [-0.3, -0.25) is 30.1 Å². The standard InChI is InChI=1S/C12H11N3O4S2/c16-8-4-2-1-3-7(8)11(19)14-13-9(17)5-15-10(18)6-21-12(15)20/h1-4,16H,5-6H2,(H,13,17)(H,14,19). The molecule has 1 fully saturated rings. The molecule has 0 bridgehead atoms. The highest BCUT2D eigenvalue weighted by molar-refractivity contribution is 8.23. The van der Waals surface area contributed by atoms with Gasteiger partial charge >= 0.3 is 0 Å². The molecular weight excluding hydrogens is 314 g/mol. The Morgan fingerprint density at radius 1 is 1.33 bits per heavy atom. The van der Waals surface area contributed by atoms with Gasteiger partial charge in [0.25, 0.3) is 11.8 Å². The van der Waals surface area contributed by atoms with Crippen molar-refractivity contribution in [2.45, 2.75) is 0 Å². The second kappa shape index (κ2) is 6.55. The number of nitrogens with zero attached hydrogens (tertiary/aromatic N) is 1. The largest absolute Gasteiger partial charge is 0.507 e. The fourth-order valence-corrected chi connectivity index (χ4v) is 2.64. The lowest BCUT2D eigenvalue weighted by Gasteiger charge is -2.14. The summed E-state index contributed by atoms with van der Waals surface area (Å²) in [6.07, 6.45) is 0. The average molecular weight is 325 g/mol. The molecule has 1 aliphatic heterocycles. The number of phenolic OH excluding ortho intramolecular Hbond substituents is 1. The zero-order valence-electron chi connectivity index (χ0n) is 10.7. The highest BCUT2D eigenvalue weighted by Gasteiger charge is 2.28. The third-order valence-corrected chi connectivity index (χ3v) is 4.04. The molecule has 3 N–H and O–H groups in total. The first-order valence-electron chi connectivity index (χ1n) is 5.83. The normalized spacial score (nSPS) is 14.2. The van der Waals surface area contributed by atoms with Gasteiger partial charge in [-0.15, -0.1) is 0 Å². The van der Waals surface area contributed by atoms with Crippen LogP contribution >= 0.6 is 24.0 Å². The van der Waals surface area contributed by atoms with E-state index in [1.54, 1.807) is 12.1 Å². The number of hydrazine groups is 1. The van der Waals surface area contributed by atoms with E-state index in [1.165, 1.54) is 28.8 Å². The summed E-state index contributed by atoms with van der Waals surface area (Å²) < 4.78 is 0.335. The summed E-state index contributed by atoms with van der Waals surface area (Å²) in [5.74, 6) is -1.47. The first-order chi connectivity index (χ1) is 9.99. The van der Waals surface area contributed by atoms with Crippen molar-refractivity contribution in [3.63, 3.8) is 0 Å². The van der Waals surface area contributed by atoms with Crippen LogP contribution in [-0.2, 0) is 9.59 Å². The van der Waals surface area contributed by atoms with Crippen molar-refractivity contribution in [1.29, 1.82) is 0 Å². The molecule has 0 saturated carbocycles. The van der Waals surface area contributed by atoms with Crippen molar-refractivity contribution >= 4 is 46.0 Å². The number of carbonyl (C=O) groups excluding carboxylic acids is 3. The fourth-order valence-electron chi connectivity index (χ4n) is 1.58. The van der Waals surface area contributed by atoms with E-state index in [-0.39, 0.29) is 29.5 Å². The SMILES string of the molecule is O=C(CN1C(=O)CSC1=S)NNC(=O)c1ccccc1O. The molecule has 1 aliphatic rings. The Morgan fingerprint density at radius 2 is 2.05 bits per heavy atom. The maximum Gasteiger partial charge on any atom is 0.273 e. The Hall–Kier alpha value is -2.13. The summed E-state index contributed by atoms with van der Waals surface area (Å²) >= 11 is 6.12. The van der Waals surface area contributed by atoms with Crippen molar-refractivity contribution in [3.8, 4) is 5.75 Å². The zero-order valence-corrected chi connectivity index (χ0v) is 12.3. The summed E-state index contributed by atoms with van der Waals surface area (Å²) in [5.41, 5.74) is 4.35. The van der Waals surface area contributed by atoms with Gasteiger partial charge in [0.15, 0.2) is 0 Å². The number of para-hydroxylation sites is 1. The highest BCUT2D eigenvalue weighted by Crippen LogP contribution is 2.18. The number of hydrogen-bond acceptors (Lipinski definition) is 6. The summed E-state index contributed by atoms with van der Waals surface area (Å²) in [6, 6.07) is 5.92. The summed E-state index contributed by atoms with van der Waals surface area (Å²) in [7, 11) is 0. The van der Waals surface area contributed by atoms with E-state index in [4.69, 9.17) is 12.2 Å². The lowest BCUT2D eigenvalue weighted by atomic mass is 10.2. The number of thiocarbonyl (C=S) groups is 1. The second-order valence-corrected chi connectivity index (χ2v) is 5.66. The number of carbonyl (C=O) groups is 3. The summed E-state index contributed by atoms with van der Waals surface area (Å²) in [6.45, 7) is -0.258. The van der Waals surface area contributed by atoms with Gasteiger partial charge in [-0.25, -0.2) is 0 Å². The molecule has 9 heteroatoms. The third kappa shape index (κ3) is 3.70. The van der Waals surface area contributed by atoms with Gasteiger partial charge in [-0.2, -0.15) is 0 Å². The Kier molecular flexibility index (Phi) is 4.76.